The molecule has 20 heavy (non-hydrogen) atoms. The van der Waals surface area contributed by atoms with Gasteiger partial charge in [0.15, 0.2) is 5.69 Å². The summed E-state index contributed by atoms with van der Waals surface area (Å²) >= 11 is 0. The first-order valence-corrected chi connectivity index (χ1v) is 6.22. The van der Waals surface area contributed by atoms with Gasteiger partial charge in [-0.25, -0.2) is 9.37 Å². The van der Waals surface area contributed by atoms with Gasteiger partial charge in [-0.15, -0.1) is 0 Å². The fourth-order valence-corrected chi connectivity index (χ4v) is 2.71. The van der Waals surface area contributed by atoms with Crippen molar-refractivity contribution in [1.29, 1.82) is 5.26 Å². The van der Waals surface area contributed by atoms with E-state index in [9.17, 15) is 9.65 Å². The number of nitriles is 1. The minimum atomic E-state index is -0.293. The summed E-state index contributed by atoms with van der Waals surface area (Å²) in [6.07, 6.45) is 2.21. The topological polar surface area (TPSA) is 62.3 Å². The maximum Gasteiger partial charge on any atom is 0.162 e. The van der Waals surface area contributed by atoms with Crippen molar-refractivity contribution in [3.63, 3.8) is 0 Å². The summed E-state index contributed by atoms with van der Waals surface area (Å²) in [5.41, 5.74) is 4.84. The lowest BCUT2D eigenvalue weighted by Crippen LogP contribution is -2.17. The molecule has 1 aliphatic rings. The number of aromatic amines is 1. The normalized spacial score (nSPS) is 12.2. The molecule has 98 valence electrons. The quantitative estimate of drug-likeness (QED) is 0.531. The highest BCUT2D eigenvalue weighted by atomic mass is 19.1. The molecule has 0 spiro atoms. The Morgan fingerprint density at radius 3 is 2.95 bits per heavy atom. The molecule has 0 aliphatic carbocycles. The first kappa shape index (κ1) is 11.1. The fourth-order valence-electron chi connectivity index (χ4n) is 2.71. The molecule has 0 bridgehead atoms. The number of H-pyrrole nitrogens is 1. The van der Waals surface area contributed by atoms with Gasteiger partial charge >= 0.3 is 0 Å². The second-order valence-electron chi connectivity index (χ2n) is 4.85. The van der Waals surface area contributed by atoms with Crippen LogP contribution in [0.5, 0.6) is 0 Å². The highest BCUT2D eigenvalue weighted by molar-refractivity contribution is 5.57. The number of hydrogen-bond donors (Lipinski definition) is 1. The van der Waals surface area contributed by atoms with E-state index in [1.54, 1.807) is 12.4 Å². The molecular formula is C14H10FN5. The van der Waals surface area contributed by atoms with Gasteiger partial charge in [-0.05, 0) is 19.1 Å². The molecule has 4 rings (SSSR count). The van der Waals surface area contributed by atoms with Crippen LogP contribution in [0.2, 0.25) is 0 Å². The number of benzene rings is 1. The molecule has 1 N–H and O–H groups in total. The molecular weight excluding hydrogens is 257 g/mol. The summed E-state index contributed by atoms with van der Waals surface area (Å²) in [6, 6.07) is 6.71. The van der Waals surface area contributed by atoms with Gasteiger partial charge < -0.3 is 0 Å². The average Bonchev–Trinajstić information content (AvgIpc) is 2.80. The molecule has 0 atom stereocenters. The van der Waals surface area contributed by atoms with Crippen molar-refractivity contribution >= 4 is 0 Å². The summed E-state index contributed by atoms with van der Waals surface area (Å²) in [6.45, 7) is 1.96. The van der Waals surface area contributed by atoms with E-state index in [1.807, 2.05) is 16.2 Å². The molecule has 3 heterocycles. The van der Waals surface area contributed by atoms with Crippen molar-refractivity contribution in [3.8, 4) is 17.4 Å². The van der Waals surface area contributed by atoms with Crippen molar-refractivity contribution < 1.29 is 4.39 Å². The van der Waals surface area contributed by atoms with E-state index in [0.717, 1.165) is 28.5 Å². The molecule has 0 saturated heterocycles. The minimum Gasteiger partial charge on any atom is -0.299 e. The number of aryl methyl sites for hydroxylation is 1. The zero-order valence-corrected chi connectivity index (χ0v) is 10.7. The third-order valence-electron chi connectivity index (χ3n) is 3.73. The van der Waals surface area contributed by atoms with Crippen LogP contribution in [0.1, 0.15) is 22.8 Å². The van der Waals surface area contributed by atoms with Crippen LogP contribution in [-0.4, -0.2) is 19.3 Å². The molecule has 6 heteroatoms. The van der Waals surface area contributed by atoms with Crippen molar-refractivity contribution in [3.05, 3.63) is 53.1 Å². The third-order valence-corrected chi connectivity index (χ3v) is 3.73. The lowest BCUT2D eigenvalue weighted by atomic mass is 10.1. The third kappa shape index (κ3) is 1.26. The number of fused-ring (bicyclic) bond motifs is 5. The second-order valence-corrected chi connectivity index (χ2v) is 4.85. The number of nitrogens with zero attached hydrogens (tertiary/aromatic N) is 4. The zero-order valence-electron chi connectivity index (χ0n) is 10.7. The standard InChI is InChI=1S/C14H10FN5/c1-8-12-5-13-10(6-16)17-7-19(13)11-3-2-9(15)4-14(11)20(12)18-8/h2-4,7,18H,5H2,1H3. The SMILES string of the molecule is Cc1[nH]n2c1Cc1c(C#N)ncn1-c1ccc(F)cc1-2. The molecule has 0 fully saturated rings. The summed E-state index contributed by atoms with van der Waals surface area (Å²) in [4.78, 5) is 4.13. The lowest BCUT2D eigenvalue weighted by molar-refractivity contribution is 0.620. The molecule has 0 amide bonds. The molecule has 3 aromatic rings. The van der Waals surface area contributed by atoms with Crippen LogP contribution in [0, 0.1) is 24.1 Å². The predicted octanol–water partition coefficient (Wildman–Crippen LogP) is 2.21. The summed E-state index contributed by atoms with van der Waals surface area (Å²) in [5.74, 6) is -0.293. The van der Waals surface area contributed by atoms with Crippen LogP contribution in [0.25, 0.3) is 11.4 Å². The number of imidazole rings is 1. The number of aromatic nitrogens is 4. The van der Waals surface area contributed by atoms with Crippen LogP contribution in [0.3, 0.4) is 0 Å². The van der Waals surface area contributed by atoms with Crippen molar-refractivity contribution in [2.24, 2.45) is 0 Å². The van der Waals surface area contributed by atoms with Gasteiger partial charge in [-0.1, -0.05) is 0 Å². The van der Waals surface area contributed by atoms with Crippen molar-refractivity contribution in [2.45, 2.75) is 13.3 Å². The Kier molecular flexibility index (Phi) is 1.99. The van der Waals surface area contributed by atoms with E-state index in [-0.39, 0.29) is 5.82 Å². The highest BCUT2D eigenvalue weighted by Crippen LogP contribution is 2.31. The van der Waals surface area contributed by atoms with Crippen LogP contribution < -0.4 is 0 Å². The Labute approximate surface area is 113 Å². The second kappa shape index (κ2) is 3.61. The van der Waals surface area contributed by atoms with Gasteiger partial charge in [0.2, 0.25) is 0 Å². The van der Waals surface area contributed by atoms with Gasteiger partial charge in [0, 0.05) is 12.5 Å². The van der Waals surface area contributed by atoms with Crippen molar-refractivity contribution in [2.75, 3.05) is 0 Å². The van der Waals surface area contributed by atoms with Gasteiger partial charge in [-0.3, -0.25) is 14.3 Å². The van der Waals surface area contributed by atoms with E-state index >= 15 is 0 Å². The van der Waals surface area contributed by atoms with E-state index < -0.39 is 0 Å². The number of hydrogen-bond acceptors (Lipinski definition) is 2. The maximum atomic E-state index is 13.5. The van der Waals surface area contributed by atoms with E-state index in [0.29, 0.717) is 12.1 Å². The first-order chi connectivity index (χ1) is 9.69. The molecule has 0 unspecified atom stereocenters. The van der Waals surface area contributed by atoms with Crippen LogP contribution >= 0.6 is 0 Å². The number of halogens is 1. The van der Waals surface area contributed by atoms with E-state index in [1.165, 1.54) is 12.1 Å². The Morgan fingerprint density at radius 1 is 1.35 bits per heavy atom. The van der Waals surface area contributed by atoms with Gasteiger partial charge in [0.1, 0.15) is 18.2 Å². The predicted molar refractivity (Wildman–Crippen MR) is 69.5 cm³/mol. The lowest BCUT2D eigenvalue weighted by Gasteiger charge is -2.20. The first-order valence-electron chi connectivity index (χ1n) is 6.22. The fraction of sp³-hybridized carbons (Fsp3) is 0.143. The Balaban J connectivity index is 2.09. The smallest absolute Gasteiger partial charge is 0.162 e. The van der Waals surface area contributed by atoms with Crippen LogP contribution in [-0.2, 0) is 6.42 Å². The number of nitrogens with one attached hydrogen (secondary N) is 1. The minimum absolute atomic E-state index is 0.293. The maximum absolute atomic E-state index is 13.5. The molecule has 1 aliphatic heterocycles. The Bertz CT molecular complexity index is 874. The molecule has 0 radical (unpaired) electrons. The molecule has 2 aromatic heterocycles. The Morgan fingerprint density at radius 2 is 2.20 bits per heavy atom. The van der Waals surface area contributed by atoms with Crippen LogP contribution in [0.4, 0.5) is 4.39 Å². The Hall–Kier alpha value is -2.81. The highest BCUT2D eigenvalue weighted by Gasteiger charge is 2.25. The van der Waals surface area contributed by atoms with E-state index in [2.05, 4.69) is 16.2 Å². The van der Waals surface area contributed by atoms with Crippen LogP contribution in [0.15, 0.2) is 24.5 Å². The van der Waals surface area contributed by atoms with Gasteiger partial charge in [0.05, 0.1) is 28.5 Å². The summed E-state index contributed by atoms with van der Waals surface area (Å²) in [7, 11) is 0. The summed E-state index contributed by atoms with van der Waals surface area (Å²) < 4.78 is 17.3. The molecule has 0 saturated carbocycles. The monoisotopic (exact) mass is 267 g/mol. The van der Waals surface area contributed by atoms with Crippen molar-refractivity contribution in [1.82, 2.24) is 19.3 Å². The summed E-state index contributed by atoms with van der Waals surface area (Å²) in [5, 5.41) is 12.3. The largest absolute Gasteiger partial charge is 0.299 e. The van der Waals surface area contributed by atoms with E-state index in [4.69, 9.17) is 0 Å². The number of rotatable bonds is 0. The zero-order chi connectivity index (χ0) is 13.9. The molecule has 5 nitrogen and oxygen atoms in total. The average molecular weight is 267 g/mol. The molecule has 1 aromatic carbocycles. The van der Waals surface area contributed by atoms with Gasteiger partial charge in [-0.2, -0.15) is 5.26 Å². The van der Waals surface area contributed by atoms with Gasteiger partial charge in [0.25, 0.3) is 0 Å².